The van der Waals surface area contributed by atoms with E-state index in [2.05, 4.69) is 28.1 Å². The molecule has 0 fully saturated rings. The highest BCUT2D eigenvalue weighted by Gasteiger charge is 2.07. The van der Waals surface area contributed by atoms with Gasteiger partial charge in [-0.3, -0.25) is 0 Å². The summed E-state index contributed by atoms with van der Waals surface area (Å²) in [7, 11) is 0. The van der Waals surface area contributed by atoms with Crippen LogP contribution in [0.4, 0.5) is 4.39 Å². The first kappa shape index (κ1) is 11.3. The van der Waals surface area contributed by atoms with Gasteiger partial charge in [0.1, 0.15) is 5.82 Å². The quantitative estimate of drug-likeness (QED) is 0.725. The number of alkyl halides is 1. The second-order valence-electron chi connectivity index (χ2n) is 3.71. The molecule has 0 saturated carbocycles. The summed E-state index contributed by atoms with van der Waals surface area (Å²) in [6, 6.07) is 16.9. The molecule has 0 amide bonds. The topological polar surface area (TPSA) is 0 Å². The molecule has 0 nitrogen and oxygen atoms in total. The highest BCUT2D eigenvalue weighted by molar-refractivity contribution is 9.09. The standard InChI is InChI=1S/C14H12BrF/c15-14(12-4-2-1-3-5-12)10-11-6-8-13(16)9-7-11/h1-9,14H,10H2/t14-/m1/s1. The maximum absolute atomic E-state index is 12.7. The number of rotatable bonds is 3. The molecule has 0 N–H and O–H groups in total. The average molecular weight is 279 g/mol. The average Bonchev–Trinajstić information content (AvgIpc) is 2.33. The minimum atomic E-state index is -0.186. The van der Waals surface area contributed by atoms with Gasteiger partial charge in [0.15, 0.2) is 0 Å². The van der Waals surface area contributed by atoms with Crippen molar-refractivity contribution in [1.82, 2.24) is 0 Å². The molecule has 0 bridgehead atoms. The van der Waals surface area contributed by atoms with Gasteiger partial charge >= 0.3 is 0 Å². The van der Waals surface area contributed by atoms with Crippen LogP contribution in [0.15, 0.2) is 54.6 Å². The second-order valence-corrected chi connectivity index (χ2v) is 4.81. The van der Waals surface area contributed by atoms with Gasteiger partial charge in [0, 0.05) is 4.83 Å². The van der Waals surface area contributed by atoms with Crippen LogP contribution in [-0.2, 0) is 6.42 Å². The van der Waals surface area contributed by atoms with E-state index in [4.69, 9.17) is 0 Å². The first-order valence-electron chi connectivity index (χ1n) is 5.19. The Kier molecular flexibility index (Phi) is 3.73. The molecule has 82 valence electrons. The third-order valence-electron chi connectivity index (χ3n) is 2.49. The van der Waals surface area contributed by atoms with Crippen LogP contribution >= 0.6 is 15.9 Å². The Balaban J connectivity index is 2.08. The zero-order valence-corrected chi connectivity index (χ0v) is 10.3. The zero-order chi connectivity index (χ0) is 11.4. The third-order valence-corrected chi connectivity index (χ3v) is 3.34. The molecule has 16 heavy (non-hydrogen) atoms. The fourth-order valence-electron chi connectivity index (χ4n) is 1.61. The van der Waals surface area contributed by atoms with Crippen molar-refractivity contribution in [2.24, 2.45) is 0 Å². The summed E-state index contributed by atoms with van der Waals surface area (Å²) in [6.07, 6.45) is 0.865. The highest BCUT2D eigenvalue weighted by atomic mass is 79.9. The van der Waals surface area contributed by atoms with Gasteiger partial charge in [-0.2, -0.15) is 0 Å². The molecule has 0 aliphatic rings. The normalized spacial score (nSPS) is 12.4. The summed E-state index contributed by atoms with van der Waals surface area (Å²) < 4.78 is 12.7. The van der Waals surface area contributed by atoms with Crippen LogP contribution in [0, 0.1) is 5.82 Å². The lowest BCUT2D eigenvalue weighted by molar-refractivity contribution is 0.627. The van der Waals surface area contributed by atoms with Crippen LogP contribution in [0.2, 0.25) is 0 Å². The van der Waals surface area contributed by atoms with Crippen LogP contribution in [-0.4, -0.2) is 0 Å². The monoisotopic (exact) mass is 278 g/mol. The molecular formula is C14H12BrF. The minimum absolute atomic E-state index is 0.186. The van der Waals surface area contributed by atoms with Gasteiger partial charge in [-0.1, -0.05) is 58.4 Å². The Labute approximate surface area is 103 Å². The van der Waals surface area contributed by atoms with E-state index < -0.39 is 0 Å². The van der Waals surface area contributed by atoms with Crippen LogP contribution in [0.25, 0.3) is 0 Å². The second kappa shape index (κ2) is 5.26. The largest absolute Gasteiger partial charge is 0.207 e. The number of halogens is 2. The molecule has 2 heteroatoms. The van der Waals surface area contributed by atoms with Gasteiger partial charge in [0.2, 0.25) is 0 Å². The van der Waals surface area contributed by atoms with Crippen molar-refractivity contribution in [2.75, 3.05) is 0 Å². The van der Waals surface area contributed by atoms with Gasteiger partial charge in [0.25, 0.3) is 0 Å². The van der Waals surface area contributed by atoms with E-state index in [1.54, 1.807) is 0 Å². The maximum Gasteiger partial charge on any atom is 0.123 e. The Morgan fingerprint density at radius 1 is 0.938 bits per heavy atom. The van der Waals surface area contributed by atoms with Crippen LogP contribution in [0.3, 0.4) is 0 Å². The summed E-state index contributed by atoms with van der Waals surface area (Å²) >= 11 is 3.65. The van der Waals surface area contributed by atoms with E-state index in [1.807, 2.05) is 30.3 Å². The van der Waals surface area contributed by atoms with E-state index in [9.17, 15) is 4.39 Å². The smallest absolute Gasteiger partial charge is 0.123 e. The van der Waals surface area contributed by atoms with Gasteiger partial charge < -0.3 is 0 Å². The highest BCUT2D eigenvalue weighted by Crippen LogP contribution is 2.26. The first-order chi connectivity index (χ1) is 7.75. The fraction of sp³-hybridized carbons (Fsp3) is 0.143. The molecule has 2 aromatic rings. The summed E-state index contributed by atoms with van der Waals surface area (Å²) in [4.78, 5) is 0.277. The van der Waals surface area contributed by atoms with Crippen molar-refractivity contribution in [3.05, 3.63) is 71.5 Å². The molecule has 2 rings (SSSR count). The summed E-state index contributed by atoms with van der Waals surface area (Å²) in [5, 5.41) is 0. The van der Waals surface area contributed by atoms with Crippen LogP contribution < -0.4 is 0 Å². The molecule has 0 aromatic heterocycles. The summed E-state index contributed by atoms with van der Waals surface area (Å²) in [5.41, 5.74) is 2.37. The van der Waals surface area contributed by atoms with Gasteiger partial charge in [0.05, 0.1) is 0 Å². The number of hydrogen-bond donors (Lipinski definition) is 0. The van der Waals surface area contributed by atoms with Crippen molar-refractivity contribution in [2.45, 2.75) is 11.2 Å². The molecule has 0 heterocycles. The van der Waals surface area contributed by atoms with Crippen molar-refractivity contribution in [3.8, 4) is 0 Å². The van der Waals surface area contributed by atoms with Crippen molar-refractivity contribution >= 4 is 15.9 Å². The summed E-state index contributed by atoms with van der Waals surface area (Å²) in [6.45, 7) is 0. The van der Waals surface area contributed by atoms with Crippen molar-refractivity contribution < 1.29 is 4.39 Å². The number of hydrogen-bond acceptors (Lipinski definition) is 0. The molecule has 0 radical (unpaired) electrons. The first-order valence-corrected chi connectivity index (χ1v) is 6.11. The molecule has 0 spiro atoms. The van der Waals surface area contributed by atoms with Crippen LogP contribution in [0.1, 0.15) is 16.0 Å². The summed E-state index contributed by atoms with van der Waals surface area (Å²) in [5.74, 6) is -0.186. The minimum Gasteiger partial charge on any atom is -0.207 e. The lowest BCUT2D eigenvalue weighted by Gasteiger charge is -2.09. The van der Waals surface area contributed by atoms with Crippen molar-refractivity contribution in [1.29, 1.82) is 0 Å². The lowest BCUT2D eigenvalue weighted by atomic mass is 10.0. The Bertz CT molecular complexity index is 436. The van der Waals surface area contributed by atoms with Crippen molar-refractivity contribution in [3.63, 3.8) is 0 Å². The van der Waals surface area contributed by atoms with Gasteiger partial charge in [-0.15, -0.1) is 0 Å². The zero-order valence-electron chi connectivity index (χ0n) is 8.74. The Morgan fingerprint density at radius 3 is 2.19 bits per heavy atom. The fourth-order valence-corrected chi connectivity index (χ4v) is 2.29. The lowest BCUT2D eigenvalue weighted by Crippen LogP contribution is -1.95. The Morgan fingerprint density at radius 2 is 1.56 bits per heavy atom. The van der Waals surface area contributed by atoms with E-state index in [0.717, 1.165) is 12.0 Å². The van der Waals surface area contributed by atoms with Crippen LogP contribution in [0.5, 0.6) is 0 Å². The van der Waals surface area contributed by atoms with E-state index in [1.165, 1.54) is 17.7 Å². The molecule has 0 saturated heterocycles. The molecule has 0 aliphatic heterocycles. The molecular weight excluding hydrogens is 267 g/mol. The number of benzene rings is 2. The molecule has 0 aliphatic carbocycles. The Hall–Kier alpha value is -1.15. The van der Waals surface area contributed by atoms with Gasteiger partial charge in [-0.05, 0) is 29.7 Å². The SMILES string of the molecule is Fc1ccc(C[C@@H](Br)c2ccccc2)cc1. The predicted molar refractivity (Wildman–Crippen MR) is 68.2 cm³/mol. The molecule has 1 atom stereocenters. The molecule has 2 aromatic carbocycles. The van der Waals surface area contributed by atoms with E-state index >= 15 is 0 Å². The predicted octanol–water partition coefficient (Wildman–Crippen LogP) is 4.50. The van der Waals surface area contributed by atoms with E-state index in [0.29, 0.717) is 0 Å². The third kappa shape index (κ3) is 2.92. The van der Waals surface area contributed by atoms with E-state index in [-0.39, 0.29) is 10.6 Å². The molecule has 0 unspecified atom stereocenters. The van der Waals surface area contributed by atoms with Gasteiger partial charge in [-0.25, -0.2) is 4.39 Å². The maximum atomic E-state index is 12.7.